The van der Waals surface area contributed by atoms with Crippen molar-refractivity contribution in [3.05, 3.63) is 48.5 Å². The van der Waals surface area contributed by atoms with Gasteiger partial charge in [0.05, 0.1) is 32.0 Å². The van der Waals surface area contributed by atoms with E-state index in [9.17, 15) is 0 Å². The SMILES string of the molecule is COc1cc2ncnc(N3CCN(/C(=N/C#N)NCc4ccccn4)CC3)c2cc1OC. The fourth-order valence-corrected chi connectivity index (χ4v) is 3.69. The van der Waals surface area contributed by atoms with Gasteiger partial charge < -0.3 is 24.6 Å². The zero-order chi connectivity index (χ0) is 22.3. The summed E-state index contributed by atoms with van der Waals surface area (Å²) in [5.41, 5.74) is 1.67. The van der Waals surface area contributed by atoms with Gasteiger partial charge in [-0.25, -0.2) is 9.97 Å². The lowest BCUT2D eigenvalue weighted by Gasteiger charge is -2.37. The van der Waals surface area contributed by atoms with Crippen LogP contribution in [0.1, 0.15) is 5.69 Å². The number of pyridine rings is 1. The average Bonchev–Trinajstić information content (AvgIpc) is 2.86. The van der Waals surface area contributed by atoms with Gasteiger partial charge >= 0.3 is 0 Å². The summed E-state index contributed by atoms with van der Waals surface area (Å²) >= 11 is 0. The molecule has 1 aliphatic rings. The van der Waals surface area contributed by atoms with Crippen LogP contribution in [0.2, 0.25) is 0 Å². The number of fused-ring (bicyclic) bond motifs is 1. The number of piperazine rings is 1. The molecule has 1 aliphatic heterocycles. The molecule has 10 nitrogen and oxygen atoms in total. The van der Waals surface area contributed by atoms with E-state index in [0.717, 1.165) is 35.5 Å². The van der Waals surface area contributed by atoms with Crippen molar-refractivity contribution in [2.24, 2.45) is 4.99 Å². The van der Waals surface area contributed by atoms with Crippen molar-refractivity contribution < 1.29 is 9.47 Å². The van der Waals surface area contributed by atoms with E-state index in [1.807, 2.05) is 36.5 Å². The molecule has 0 atom stereocenters. The van der Waals surface area contributed by atoms with Crippen molar-refractivity contribution in [1.82, 2.24) is 25.2 Å². The van der Waals surface area contributed by atoms with Gasteiger partial charge in [0.2, 0.25) is 12.2 Å². The summed E-state index contributed by atoms with van der Waals surface area (Å²) < 4.78 is 10.8. The maximum absolute atomic E-state index is 9.14. The highest BCUT2D eigenvalue weighted by Crippen LogP contribution is 2.34. The third-order valence-electron chi connectivity index (χ3n) is 5.31. The van der Waals surface area contributed by atoms with Gasteiger partial charge in [-0.1, -0.05) is 6.07 Å². The van der Waals surface area contributed by atoms with E-state index >= 15 is 0 Å². The number of nitrogens with zero attached hydrogens (tertiary/aromatic N) is 7. The van der Waals surface area contributed by atoms with Crippen molar-refractivity contribution in [2.75, 3.05) is 45.3 Å². The second-order valence-corrected chi connectivity index (χ2v) is 7.11. The van der Waals surface area contributed by atoms with Gasteiger partial charge in [0.15, 0.2) is 11.5 Å². The lowest BCUT2D eigenvalue weighted by Crippen LogP contribution is -2.52. The maximum Gasteiger partial charge on any atom is 0.210 e. The van der Waals surface area contributed by atoms with E-state index in [1.54, 1.807) is 26.7 Å². The molecule has 1 aromatic carbocycles. The molecule has 1 fully saturated rings. The molecule has 0 unspecified atom stereocenters. The first-order valence-corrected chi connectivity index (χ1v) is 10.2. The number of anilines is 1. The van der Waals surface area contributed by atoms with Crippen LogP contribution in [0.3, 0.4) is 0 Å². The Morgan fingerprint density at radius 3 is 2.56 bits per heavy atom. The summed E-state index contributed by atoms with van der Waals surface area (Å²) in [5.74, 6) is 2.66. The number of guanidine groups is 1. The number of ether oxygens (including phenoxy) is 2. The monoisotopic (exact) mass is 432 g/mol. The zero-order valence-corrected chi connectivity index (χ0v) is 18.0. The van der Waals surface area contributed by atoms with Crippen molar-refractivity contribution in [3.63, 3.8) is 0 Å². The lowest BCUT2D eigenvalue weighted by molar-refractivity contribution is 0.355. The van der Waals surface area contributed by atoms with E-state index in [0.29, 0.717) is 37.1 Å². The molecule has 0 spiro atoms. The van der Waals surface area contributed by atoms with Crippen LogP contribution >= 0.6 is 0 Å². The van der Waals surface area contributed by atoms with E-state index in [-0.39, 0.29) is 0 Å². The molecule has 0 aliphatic carbocycles. The number of hydrogen-bond donors (Lipinski definition) is 1. The van der Waals surface area contributed by atoms with Crippen LogP contribution in [0, 0.1) is 11.5 Å². The van der Waals surface area contributed by atoms with Gasteiger partial charge in [-0.2, -0.15) is 5.26 Å². The Balaban J connectivity index is 1.48. The second kappa shape index (κ2) is 9.78. The normalized spacial score (nSPS) is 14.2. The fraction of sp³-hybridized carbons (Fsp3) is 0.318. The Bertz CT molecular complexity index is 1140. The Morgan fingerprint density at radius 1 is 1.09 bits per heavy atom. The number of aliphatic imine (C=N–C) groups is 1. The molecule has 2 aromatic heterocycles. The van der Waals surface area contributed by atoms with E-state index in [4.69, 9.17) is 14.7 Å². The largest absolute Gasteiger partial charge is 0.493 e. The predicted molar refractivity (Wildman–Crippen MR) is 121 cm³/mol. The molecule has 0 amide bonds. The molecule has 0 radical (unpaired) electrons. The highest BCUT2D eigenvalue weighted by molar-refractivity contribution is 5.92. The quantitative estimate of drug-likeness (QED) is 0.366. The van der Waals surface area contributed by atoms with Gasteiger partial charge in [0.1, 0.15) is 12.1 Å². The molecule has 1 N–H and O–H groups in total. The molecule has 10 heteroatoms. The van der Waals surface area contributed by atoms with Crippen LogP contribution < -0.4 is 19.7 Å². The van der Waals surface area contributed by atoms with Crippen molar-refractivity contribution in [2.45, 2.75) is 6.54 Å². The van der Waals surface area contributed by atoms with Crippen LogP contribution in [0.4, 0.5) is 5.82 Å². The van der Waals surface area contributed by atoms with Crippen molar-refractivity contribution >= 4 is 22.7 Å². The number of benzene rings is 1. The summed E-state index contributed by atoms with van der Waals surface area (Å²) in [6.45, 7) is 3.31. The highest BCUT2D eigenvalue weighted by Gasteiger charge is 2.23. The van der Waals surface area contributed by atoms with E-state index in [2.05, 4.69) is 35.1 Å². The number of nitriles is 1. The molecule has 1 saturated heterocycles. The minimum Gasteiger partial charge on any atom is -0.493 e. The number of aromatic nitrogens is 3. The maximum atomic E-state index is 9.14. The van der Waals surface area contributed by atoms with Gasteiger partial charge in [0.25, 0.3) is 0 Å². The van der Waals surface area contributed by atoms with Gasteiger partial charge in [-0.15, -0.1) is 4.99 Å². The first-order valence-electron chi connectivity index (χ1n) is 10.2. The average molecular weight is 432 g/mol. The lowest BCUT2D eigenvalue weighted by atomic mass is 10.2. The third kappa shape index (κ3) is 4.46. The van der Waals surface area contributed by atoms with E-state index in [1.165, 1.54) is 0 Å². The van der Waals surface area contributed by atoms with Crippen molar-refractivity contribution in [3.8, 4) is 17.7 Å². The topological polar surface area (TPSA) is 112 Å². The van der Waals surface area contributed by atoms with E-state index < -0.39 is 0 Å². The Labute approximate surface area is 186 Å². The fourth-order valence-electron chi connectivity index (χ4n) is 3.69. The zero-order valence-electron chi connectivity index (χ0n) is 18.0. The summed E-state index contributed by atoms with van der Waals surface area (Å²) in [7, 11) is 3.22. The standard InChI is InChI=1S/C22H24N8O2/c1-31-19-11-17-18(12-20(19)32-2)27-15-28-21(17)29-7-9-30(10-8-29)22(26-14-23)25-13-16-5-3-4-6-24-16/h3-6,11-12,15H,7-10,13H2,1-2H3,(H,25,26). The number of nitrogens with one attached hydrogen (secondary N) is 1. The smallest absolute Gasteiger partial charge is 0.210 e. The molecule has 164 valence electrons. The second-order valence-electron chi connectivity index (χ2n) is 7.11. The summed E-state index contributed by atoms with van der Waals surface area (Å²) in [6.07, 6.45) is 5.20. The molecular weight excluding hydrogens is 408 g/mol. The molecule has 4 rings (SSSR count). The molecule has 3 heterocycles. The number of rotatable bonds is 5. The first-order chi connectivity index (χ1) is 15.7. The first kappa shape index (κ1) is 21.1. The Kier molecular flexibility index (Phi) is 6.46. The van der Waals surface area contributed by atoms with Gasteiger partial charge in [-0.3, -0.25) is 4.98 Å². The van der Waals surface area contributed by atoms with Crippen molar-refractivity contribution in [1.29, 1.82) is 5.26 Å². The van der Waals surface area contributed by atoms with Crippen LogP contribution in [0.5, 0.6) is 11.5 Å². The Morgan fingerprint density at radius 2 is 1.88 bits per heavy atom. The highest BCUT2D eigenvalue weighted by atomic mass is 16.5. The predicted octanol–water partition coefficient (Wildman–Crippen LogP) is 1.79. The van der Waals surface area contributed by atoms with Crippen LogP contribution in [0.25, 0.3) is 10.9 Å². The van der Waals surface area contributed by atoms with Crippen LogP contribution in [0.15, 0.2) is 47.8 Å². The molecule has 32 heavy (non-hydrogen) atoms. The van der Waals surface area contributed by atoms with Crippen LogP contribution in [-0.2, 0) is 6.54 Å². The minimum absolute atomic E-state index is 0.500. The summed E-state index contributed by atoms with van der Waals surface area (Å²) in [6, 6.07) is 9.50. The molecule has 0 bridgehead atoms. The molecule has 3 aromatic rings. The number of methoxy groups -OCH3 is 2. The minimum atomic E-state index is 0.500. The van der Waals surface area contributed by atoms with Gasteiger partial charge in [-0.05, 0) is 18.2 Å². The third-order valence-corrected chi connectivity index (χ3v) is 5.31. The Hall–Kier alpha value is -4.13. The summed E-state index contributed by atoms with van der Waals surface area (Å²) in [4.78, 5) is 21.5. The molecular formula is C22H24N8O2. The summed E-state index contributed by atoms with van der Waals surface area (Å²) in [5, 5.41) is 13.3. The molecule has 0 saturated carbocycles. The van der Waals surface area contributed by atoms with Crippen LogP contribution in [-0.4, -0.2) is 66.2 Å². The van der Waals surface area contributed by atoms with Gasteiger partial charge in [0, 0.05) is 43.8 Å². The number of hydrogen-bond acceptors (Lipinski definition) is 8.